The van der Waals surface area contributed by atoms with Gasteiger partial charge in [-0.2, -0.15) is 0 Å². The van der Waals surface area contributed by atoms with Gasteiger partial charge in [-0.25, -0.2) is 9.37 Å². The Balaban J connectivity index is 1.89. The van der Waals surface area contributed by atoms with Crippen LogP contribution in [0, 0.1) is 5.82 Å². The van der Waals surface area contributed by atoms with Crippen LogP contribution in [0.15, 0.2) is 42.6 Å². The molecule has 0 aliphatic rings. The quantitative estimate of drug-likeness (QED) is 0.771. The molecule has 1 heterocycles. The van der Waals surface area contributed by atoms with E-state index in [1.54, 1.807) is 24.3 Å². The van der Waals surface area contributed by atoms with Crippen molar-refractivity contribution >= 4 is 17.4 Å². The number of halogens is 1. The van der Waals surface area contributed by atoms with Crippen LogP contribution in [0.1, 0.15) is 16.8 Å². The highest BCUT2D eigenvalue weighted by Crippen LogP contribution is 2.14. The van der Waals surface area contributed by atoms with Crippen molar-refractivity contribution < 1.29 is 9.18 Å². The molecule has 6 heteroatoms. The summed E-state index contributed by atoms with van der Waals surface area (Å²) in [6.07, 6.45) is 2.48. The van der Waals surface area contributed by atoms with Crippen molar-refractivity contribution in [2.45, 2.75) is 6.42 Å². The van der Waals surface area contributed by atoms with E-state index < -0.39 is 5.82 Å². The van der Waals surface area contributed by atoms with Crippen LogP contribution in [0.4, 0.5) is 15.9 Å². The number of anilines is 2. The van der Waals surface area contributed by atoms with Crippen LogP contribution in [0.25, 0.3) is 0 Å². The second kappa shape index (κ2) is 8.24. The van der Waals surface area contributed by atoms with Gasteiger partial charge in [0.1, 0.15) is 11.6 Å². The Bertz CT molecular complexity index is 643. The number of para-hydroxylation sites is 1. The molecular formula is C17H21FN4O. The van der Waals surface area contributed by atoms with Gasteiger partial charge < -0.3 is 15.5 Å². The number of amides is 1. The Labute approximate surface area is 135 Å². The topological polar surface area (TPSA) is 57.3 Å². The number of hydrogen-bond acceptors (Lipinski definition) is 4. The molecule has 1 aromatic heterocycles. The number of nitrogens with zero attached hydrogens (tertiary/aromatic N) is 2. The second-order valence-electron chi connectivity index (χ2n) is 5.45. The highest BCUT2D eigenvalue weighted by Gasteiger charge is 2.09. The highest BCUT2D eigenvalue weighted by molar-refractivity contribution is 6.04. The van der Waals surface area contributed by atoms with E-state index in [0.717, 1.165) is 19.5 Å². The van der Waals surface area contributed by atoms with Crippen molar-refractivity contribution in [2.24, 2.45) is 0 Å². The maximum atomic E-state index is 13.5. The summed E-state index contributed by atoms with van der Waals surface area (Å²) < 4.78 is 13.5. The number of benzene rings is 1. The predicted molar refractivity (Wildman–Crippen MR) is 90.3 cm³/mol. The molecule has 122 valence electrons. The zero-order valence-corrected chi connectivity index (χ0v) is 13.3. The van der Waals surface area contributed by atoms with Gasteiger partial charge in [-0.3, -0.25) is 4.79 Å². The molecule has 0 bridgehead atoms. The minimum Gasteiger partial charge on any atom is -0.370 e. The molecule has 2 aromatic rings. The Morgan fingerprint density at radius 2 is 2.00 bits per heavy atom. The standard InChI is InChI=1S/C17H21FN4O/c1-22(2)11-5-10-19-16-9-8-13(12-20-16)17(23)21-15-7-4-3-6-14(15)18/h3-4,6-9,12H,5,10-11H2,1-2H3,(H,19,20)(H,21,23). The van der Waals surface area contributed by atoms with E-state index in [-0.39, 0.29) is 11.6 Å². The number of pyridine rings is 1. The smallest absolute Gasteiger partial charge is 0.257 e. The third-order valence-corrected chi connectivity index (χ3v) is 3.24. The van der Waals surface area contributed by atoms with E-state index in [0.29, 0.717) is 11.4 Å². The van der Waals surface area contributed by atoms with Crippen LogP contribution >= 0.6 is 0 Å². The van der Waals surface area contributed by atoms with E-state index in [9.17, 15) is 9.18 Å². The Hall–Kier alpha value is -2.47. The maximum Gasteiger partial charge on any atom is 0.257 e. The van der Waals surface area contributed by atoms with Crippen LogP contribution < -0.4 is 10.6 Å². The Morgan fingerprint density at radius 1 is 1.22 bits per heavy atom. The molecule has 5 nitrogen and oxygen atoms in total. The molecule has 0 radical (unpaired) electrons. The average molecular weight is 316 g/mol. The first-order chi connectivity index (χ1) is 11.1. The van der Waals surface area contributed by atoms with Crippen LogP contribution in [0.3, 0.4) is 0 Å². The van der Waals surface area contributed by atoms with Crippen molar-refractivity contribution in [2.75, 3.05) is 37.8 Å². The number of carbonyl (C=O) groups excluding carboxylic acids is 1. The van der Waals surface area contributed by atoms with Crippen molar-refractivity contribution in [1.29, 1.82) is 0 Å². The summed E-state index contributed by atoms with van der Waals surface area (Å²) in [5.41, 5.74) is 0.537. The fourth-order valence-electron chi connectivity index (χ4n) is 2.00. The van der Waals surface area contributed by atoms with Crippen molar-refractivity contribution in [3.05, 3.63) is 54.0 Å². The molecule has 2 rings (SSSR count). The Morgan fingerprint density at radius 3 is 2.65 bits per heavy atom. The molecule has 0 saturated heterocycles. The average Bonchev–Trinajstić information content (AvgIpc) is 2.54. The lowest BCUT2D eigenvalue weighted by Crippen LogP contribution is -2.17. The van der Waals surface area contributed by atoms with Crippen LogP contribution in [-0.2, 0) is 0 Å². The molecular weight excluding hydrogens is 295 g/mol. The summed E-state index contributed by atoms with van der Waals surface area (Å²) in [6.45, 7) is 1.81. The lowest BCUT2D eigenvalue weighted by atomic mass is 10.2. The lowest BCUT2D eigenvalue weighted by Gasteiger charge is -2.10. The summed E-state index contributed by atoms with van der Waals surface area (Å²) in [4.78, 5) is 18.4. The van der Waals surface area contributed by atoms with E-state index in [1.165, 1.54) is 18.3 Å². The van der Waals surface area contributed by atoms with Gasteiger partial charge in [0.25, 0.3) is 5.91 Å². The van der Waals surface area contributed by atoms with E-state index >= 15 is 0 Å². The second-order valence-corrected chi connectivity index (χ2v) is 5.45. The molecule has 0 spiro atoms. The monoisotopic (exact) mass is 316 g/mol. The van der Waals surface area contributed by atoms with Gasteiger partial charge in [-0.1, -0.05) is 12.1 Å². The van der Waals surface area contributed by atoms with Crippen LogP contribution in [0.5, 0.6) is 0 Å². The van der Waals surface area contributed by atoms with Crippen molar-refractivity contribution in [1.82, 2.24) is 9.88 Å². The Kier molecular flexibility index (Phi) is 6.05. The third-order valence-electron chi connectivity index (χ3n) is 3.24. The SMILES string of the molecule is CN(C)CCCNc1ccc(C(=O)Nc2ccccc2F)cn1. The predicted octanol–water partition coefficient (Wildman–Crippen LogP) is 2.84. The van der Waals surface area contributed by atoms with Gasteiger partial charge in [0, 0.05) is 12.7 Å². The summed E-state index contributed by atoms with van der Waals surface area (Å²) >= 11 is 0. The van der Waals surface area contributed by atoms with Gasteiger partial charge in [-0.05, 0) is 51.3 Å². The molecule has 0 atom stereocenters. The fraction of sp³-hybridized carbons (Fsp3) is 0.294. The van der Waals surface area contributed by atoms with E-state index in [2.05, 4.69) is 20.5 Å². The van der Waals surface area contributed by atoms with Gasteiger partial charge in [0.2, 0.25) is 0 Å². The van der Waals surface area contributed by atoms with Gasteiger partial charge in [0.05, 0.1) is 11.3 Å². The summed E-state index contributed by atoms with van der Waals surface area (Å²) in [5.74, 6) is -0.138. The molecule has 1 amide bonds. The first kappa shape index (κ1) is 16.9. The van der Waals surface area contributed by atoms with E-state index in [1.807, 2.05) is 14.1 Å². The summed E-state index contributed by atoms with van der Waals surface area (Å²) in [6, 6.07) is 9.46. The number of hydrogen-bond donors (Lipinski definition) is 2. The summed E-state index contributed by atoms with van der Waals surface area (Å²) in [5, 5.41) is 5.73. The zero-order chi connectivity index (χ0) is 16.7. The van der Waals surface area contributed by atoms with Crippen molar-refractivity contribution in [3.63, 3.8) is 0 Å². The molecule has 0 fully saturated rings. The number of aromatic nitrogens is 1. The van der Waals surface area contributed by atoms with Gasteiger partial charge >= 0.3 is 0 Å². The first-order valence-corrected chi connectivity index (χ1v) is 7.47. The normalized spacial score (nSPS) is 10.6. The highest BCUT2D eigenvalue weighted by atomic mass is 19.1. The molecule has 0 saturated carbocycles. The molecule has 0 unspecified atom stereocenters. The third kappa shape index (κ3) is 5.34. The minimum atomic E-state index is -0.465. The largest absolute Gasteiger partial charge is 0.370 e. The van der Waals surface area contributed by atoms with Crippen LogP contribution in [-0.4, -0.2) is 43.0 Å². The van der Waals surface area contributed by atoms with Crippen LogP contribution in [0.2, 0.25) is 0 Å². The molecule has 23 heavy (non-hydrogen) atoms. The molecule has 1 aromatic carbocycles. The summed E-state index contributed by atoms with van der Waals surface area (Å²) in [7, 11) is 4.06. The number of carbonyl (C=O) groups is 1. The first-order valence-electron chi connectivity index (χ1n) is 7.47. The maximum absolute atomic E-state index is 13.5. The number of rotatable bonds is 7. The zero-order valence-electron chi connectivity index (χ0n) is 13.3. The lowest BCUT2D eigenvalue weighted by molar-refractivity contribution is 0.102. The molecule has 0 aliphatic heterocycles. The van der Waals surface area contributed by atoms with Gasteiger partial charge in [0.15, 0.2) is 0 Å². The minimum absolute atomic E-state index is 0.156. The fourth-order valence-corrected chi connectivity index (χ4v) is 2.00. The van der Waals surface area contributed by atoms with Crippen molar-refractivity contribution in [3.8, 4) is 0 Å². The molecule has 2 N–H and O–H groups in total. The number of nitrogens with one attached hydrogen (secondary N) is 2. The molecule has 0 aliphatic carbocycles. The van der Waals surface area contributed by atoms with E-state index in [4.69, 9.17) is 0 Å². The van der Waals surface area contributed by atoms with Gasteiger partial charge in [-0.15, -0.1) is 0 Å².